The molecule has 6 nitrogen and oxygen atoms in total. The molecule has 0 atom stereocenters. The summed E-state index contributed by atoms with van der Waals surface area (Å²) in [6.07, 6.45) is 3.83. The second-order valence-corrected chi connectivity index (χ2v) is 7.26. The van der Waals surface area contributed by atoms with Crippen molar-refractivity contribution in [1.29, 1.82) is 0 Å². The second-order valence-electron chi connectivity index (χ2n) is 7.26. The number of nitrogens with one attached hydrogen (secondary N) is 2. The summed E-state index contributed by atoms with van der Waals surface area (Å²) in [6.45, 7) is 4.09. The summed E-state index contributed by atoms with van der Waals surface area (Å²) in [6, 6.07) is 19.3. The Labute approximate surface area is 171 Å². The molecule has 1 fully saturated rings. The molecule has 1 amide bonds. The van der Waals surface area contributed by atoms with Crippen molar-refractivity contribution in [2.24, 2.45) is 0 Å². The van der Waals surface area contributed by atoms with Crippen molar-refractivity contribution in [3.63, 3.8) is 0 Å². The van der Waals surface area contributed by atoms with Gasteiger partial charge in [0.1, 0.15) is 5.69 Å². The van der Waals surface area contributed by atoms with E-state index in [1.165, 1.54) is 24.9 Å². The lowest BCUT2D eigenvalue weighted by atomic mass is 10.1. The van der Waals surface area contributed by atoms with E-state index in [0.29, 0.717) is 11.6 Å². The number of benzene rings is 2. The van der Waals surface area contributed by atoms with Gasteiger partial charge in [-0.25, -0.2) is 9.97 Å². The molecule has 0 saturated carbocycles. The maximum absolute atomic E-state index is 12.6. The van der Waals surface area contributed by atoms with Gasteiger partial charge >= 0.3 is 0 Å². The van der Waals surface area contributed by atoms with Crippen LogP contribution < -0.4 is 15.5 Å². The lowest BCUT2D eigenvalue weighted by Gasteiger charge is -2.28. The first-order valence-corrected chi connectivity index (χ1v) is 10.0. The minimum Gasteiger partial charge on any atom is -0.372 e. The fourth-order valence-electron chi connectivity index (χ4n) is 3.49. The number of amides is 1. The van der Waals surface area contributed by atoms with Crippen molar-refractivity contribution in [3.8, 4) is 0 Å². The van der Waals surface area contributed by atoms with Crippen LogP contribution in [0.25, 0.3) is 0 Å². The number of aromatic nitrogens is 2. The van der Waals surface area contributed by atoms with E-state index in [2.05, 4.69) is 37.6 Å². The maximum atomic E-state index is 12.6. The first-order chi connectivity index (χ1) is 14.2. The van der Waals surface area contributed by atoms with Gasteiger partial charge in [0.25, 0.3) is 5.91 Å². The number of anilines is 4. The van der Waals surface area contributed by atoms with Crippen LogP contribution in [-0.4, -0.2) is 29.0 Å². The summed E-state index contributed by atoms with van der Waals surface area (Å²) in [7, 11) is 0. The molecule has 29 heavy (non-hydrogen) atoms. The summed E-state index contributed by atoms with van der Waals surface area (Å²) in [4.78, 5) is 23.8. The van der Waals surface area contributed by atoms with Gasteiger partial charge in [-0.1, -0.05) is 18.2 Å². The first kappa shape index (κ1) is 18.9. The maximum Gasteiger partial charge on any atom is 0.274 e. The Morgan fingerprint density at radius 2 is 1.62 bits per heavy atom. The first-order valence-electron chi connectivity index (χ1n) is 10.0. The van der Waals surface area contributed by atoms with Gasteiger partial charge in [0, 0.05) is 35.8 Å². The number of para-hydroxylation sites is 1. The highest BCUT2D eigenvalue weighted by Crippen LogP contribution is 2.23. The van der Waals surface area contributed by atoms with Gasteiger partial charge in [-0.05, 0) is 68.7 Å². The molecule has 1 aromatic heterocycles. The monoisotopic (exact) mass is 387 g/mol. The topological polar surface area (TPSA) is 70.2 Å². The number of carbonyl (C=O) groups excluding carboxylic acids is 1. The SMILES string of the molecule is Cc1cc(C(=O)Nc2ccccc2)nc(Nc2ccc(N3CCCCC3)cc2)n1. The molecule has 3 aromatic rings. The molecule has 6 heteroatoms. The Hall–Kier alpha value is -3.41. The van der Waals surface area contributed by atoms with E-state index in [4.69, 9.17) is 0 Å². The number of rotatable bonds is 5. The van der Waals surface area contributed by atoms with Gasteiger partial charge in [0.05, 0.1) is 0 Å². The third-order valence-corrected chi connectivity index (χ3v) is 4.96. The molecule has 148 valence electrons. The number of nitrogens with zero attached hydrogens (tertiary/aromatic N) is 3. The van der Waals surface area contributed by atoms with Crippen molar-refractivity contribution in [3.05, 3.63) is 72.1 Å². The smallest absolute Gasteiger partial charge is 0.274 e. The Kier molecular flexibility index (Phi) is 5.70. The second kappa shape index (κ2) is 8.73. The highest BCUT2D eigenvalue weighted by Gasteiger charge is 2.13. The highest BCUT2D eigenvalue weighted by molar-refractivity contribution is 6.03. The largest absolute Gasteiger partial charge is 0.372 e. The molecular weight excluding hydrogens is 362 g/mol. The van der Waals surface area contributed by atoms with Crippen LogP contribution in [0.15, 0.2) is 60.7 Å². The Balaban J connectivity index is 1.46. The van der Waals surface area contributed by atoms with Crippen LogP contribution in [0.2, 0.25) is 0 Å². The number of aryl methyl sites for hydroxylation is 1. The molecule has 2 aromatic carbocycles. The van der Waals surface area contributed by atoms with Crippen LogP contribution in [0, 0.1) is 6.92 Å². The molecule has 1 saturated heterocycles. The van der Waals surface area contributed by atoms with Gasteiger partial charge in [0.15, 0.2) is 0 Å². The van der Waals surface area contributed by atoms with Crippen molar-refractivity contribution >= 4 is 28.9 Å². The molecule has 1 aliphatic rings. The molecule has 4 rings (SSSR count). The molecule has 0 unspecified atom stereocenters. The van der Waals surface area contributed by atoms with Crippen molar-refractivity contribution in [2.45, 2.75) is 26.2 Å². The van der Waals surface area contributed by atoms with E-state index < -0.39 is 0 Å². The number of carbonyl (C=O) groups is 1. The van der Waals surface area contributed by atoms with Crippen LogP contribution in [0.3, 0.4) is 0 Å². The average Bonchev–Trinajstić information content (AvgIpc) is 2.75. The van der Waals surface area contributed by atoms with E-state index >= 15 is 0 Å². The average molecular weight is 387 g/mol. The van der Waals surface area contributed by atoms with E-state index in [9.17, 15) is 4.79 Å². The minimum atomic E-state index is -0.259. The lowest BCUT2D eigenvalue weighted by Crippen LogP contribution is -2.29. The summed E-state index contributed by atoms with van der Waals surface area (Å²) in [5.41, 5.74) is 3.92. The van der Waals surface area contributed by atoms with Crippen LogP contribution in [0.1, 0.15) is 35.4 Å². The van der Waals surface area contributed by atoms with Crippen molar-refractivity contribution in [2.75, 3.05) is 28.6 Å². The minimum absolute atomic E-state index is 0.259. The molecular formula is C23H25N5O. The molecule has 1 aliphatic heterocycles. The number of hydrogen-bond donors (Lipinski definition) is 2. The van der Waals surface area contributed by atoms with Crippen molar-refractivity contribution in [1.82, 2.24) is 9.97 Å². The molecule has 0 spiro atoms. The zero-order chi connectivity index (χ0) is 20.1. The lowest BCUT2D eigenvalue weighted by molar-refractivity contribution is 0.102. The van der Waals surface area contributed by atoms with Gasteiger partial charge < -0.3 is 15.5 Å². The Morgan fingerprint density at radius 3 is 2.34 bits per heavy atom. The van der Waals surface area contributed by atoms with Crippen LogP contribution in [0.4, 0.5) is 23.0 Å². The van der Waals surface area contributed by atoms with Gasteiger partial charge in [-0.15, -0.1) is 0 Å². The predicted molar refractivity (Wildman–Crippen MR) is 117 cm³/mol. The van der Waals surface area contributed by atoms with E-state index in [1.807, 2.05) is 49.4 Å². The quantitative estimate of drug-likeness (QED) is 0.660. The van der Waals surface area contributed by atoms with Crippen molar-refractivity contribution < 1.29 is 4.79 Å². The Morgan fingerprint density at radius 1 is 0.897 bits per heavy atom. The van der Waals surface area contributed by atoms with E-state index in [0.717, 1.165) is 30.2 Å². The Bertz CT molecular complexity index is 966. The molecule has 2 N–H and O–H groups in total. The fourth-order valence-corrected chi connectivity index (χ4v) is 3.49. The standard InChI is InChI=1S/C23H25N5O/c1-17-16-21(22(29)25-18-8-4-2-5-9-18)27-23(24-17)26-19-10-12-20(13-11-19)28-14-6-3-7-15-28/h2,4-5,8-13,16H,3,6-7,14-15H2,1H3,(H,25,29)(H,24,26,27). The van der Waals surface area contributed by atoms with Crippen LogP contribution in [0.5, 0.6) is 0 Å². The van der Waals surface area contributed by atoms with Crippen LogP contribution in [-0.2, 0) is 0 Å². The van der Waals surface area contributed by atoms with Gasteiger partial charge in [0.2, 0.25) is 5.95 Å². The van der Waals surface area contributed by atoms with Gasteiger partial charge in [-0.3, -0.25) is 4.79 Å². The molecule has 0 radical (unpaired) electrons. The summed E-state index contributed by atoms with van der Waals surface area (Å²) in [5.74, 6) is 0.152. The third kappa shape index (κ3) is 4.90. The van der Waals surface area contributed by atoms with Gasteiger partial charge in [-0.2, -0.15) is 0 Å². The number of hydrogen-bond acceptors (Lipinski definition) is 5. The molecule has 0 bridgehead atoms. The highest BCUT2D eigenvalue weighted by atomic mass is 16.1. The predicted octanol–water partition coefficient (Wildman–Crippen LogP) is 4.77. The summed E-state index contributed by atoms with van der Waals surface area (Å²) < 4.78 is 0. The molecule has 0 aliphatic carbocycles. The number of piperidine rings is 1. The summed E-state index contributed by atoms with van der Waals surface area (Å²) in [5, 5.41) is 6.07. The summed E-state index contributed by atoms with van der Waals surface area (Å²) >= 11 is 0. The van der Waals surface area contributed by atoms with Crippen LogP contribution >= 0.6 is 0 Å². The van der Waals surface area contributed by atoms with E-state index in [1.54, 1.807) is 6.07 Å². The zero-order valence-electron chi connectivity index (χ0n) is 16.6. The zero-order valence-corrected chi connectivity index (χ0v) is 16.6. The third-order valence-electron chi connectivity index (χ3n) is 4.96. The molecule has 2 heterocycles. The fraction of sp³-hybridized carbons (Fsp3) is 0.261. The van der Waals surface area contributed by atoms with E-state index in [-0.39, 0.29) is 5.91 Å². The normalized spacial score (nSPS) is 13.8.